The van der Waals surface area contributed by atoms with Crippen LogP contribution in [0.5, 0.6) is 0 Å². The highest BCUT2D eigenvalue weighted by Crippen LogP contribution is 2.31. The van der Waals surface area contributed by atoms with Crippen molar-refractivity contribution in [1.82, 2.24) is 4.98 Å². The minimum atomic E-state index is -0.506. The van der Waals surface area contributed by atoms with Gasteiger partial charge in [0.05, 0.1) is 11.4 Å². The second kappa shape index (κ2) is 8.59. The largest absolute Gasteiger partial charge is 0.323 e. The van der Waals surface area contributed by atoms with Crippen molar-refractivity contribution in [2.75, 3.05) is 10.2 Å². The van der Waals surface area contributed by atoms with Gasteiger partial charge in [-0.05, 0) is 60.7 Å². The molecule has 0 spiro atoms. The summed E-state index contributed by atoms with van der Waals surface area (Å²) in [5.74, 6) is -1.12. The smallest absolute Gasteiger partial charge is 0.248 e. The number of anilines is 3. The zero-order valence-corrected chi connectivity index (χ0v) is 17.2. The average molecular weight is 421 g/mol. The lowest BCUT2D eigenvalue weighted by Crippen LogP contribution is -2.23. The zero-order valence-electron chi connectivity index (χ0n) is 16.4. The summed E-state index contributed by atoms with van der Waals surface area (Å²) < 4.78 is 14.2. The summed E-state index contributed by atoms with van der Waals surface area (Å²) in [6.07, 6.45) is 6.27. The fourth-order valence-electron chi connectivity index (χ4n) is 3.49. The highest BCUT2D eigenvalue weighted by molar-refractivity contribution is 7.14. The number of halogens is 1. The first-order valence-electron chi connectivity index (χ1n) is 9.63. The third-order valence-corrected chi connectivity index (χ3v) is 5.72. The van der Waals surface area contributed by atoms with Crippen LogP contribution in [0.25, 0.3) is 6.08 Å². The number of hydrogen-bond donors (Lipinski definition) is 1. The molecule has 7 heteroatoms. The Morgan fingerprint density at radius 2 is 1.97 bits per heavy atom. The van der Waals surface area contributed by atoms with E-state index in [1.807, 2.05) is 12.1 Å². The molecule has 4 rings (SSSR count). The first kappa shape index (κ1) is 20.0. The predicted molar refractivity (Wildman–Crippen MR) is 117 cm³/mol. The van der Waals surface area contributed by atoms with Gasteiger partial charge in [0.2, 0.25) is 11.8 Å². The molecule has 3 aromatic rings. The third kappa shape index (κ3) is 4.31. The average Bonchev–Trinajstić information content (AvgIpc) is 3.37. The topological polar surface area (TPSA) is 62.3 Å². The number of nitrogens with zero attached hydrogens (tertiary/aromatic N) is 2. The van der Waals surface area contributed by atoms with Crippen LogP contribution in [0.4, 0.5) is 20.9 Å². The molecule has 2 aromatic carbocycles. The third-order valence-electron chi connectivity index (χ3n) is 4.88. The number of thiazole rings is 1. The Labute approximate surface area is 177 Å². The van der Waals surface area contributed by atoms with Crippen molar-refractivity contribution in [3.8, 4) is 0 Å². The molecule has 1 aliphatic rings. The van der Waals surface area contributed by atoms with Gasteiger partial charge >= 0.3 is 0 Å². The fraction of sp³-hybridized carbons (Fsp3) is 0.174. The number of aryl methyl sites for hydroxylation is 2. The Bertz CT molecular complexity index is 1140. The fourth-order valence-corrected chi connectivity index (χ4v) is 4.34. The molecule has 0 fully saturated rings. The molecule has 0 saturated carbocycles. The van der Waals surface area contributed by atoms with Crippen molar-refractivity contribution in [2.45, 2.75) is 26.2 Å². The van der Waals surface area contributed by atoms with Gasteiger partial charge in [-0.1, -0.05) is 18.2 Å². The van der Waals surface area contributed by atoms with Gasteiger partial charge in [-0.25, -0.2) is 9.37 Å². The van der Waals surface area contributed by atoms with Gasteiger partial charge in [-0.2, -0.15) is 0 Å². The second-order valence-corrected chi connectivity index (χ2v) is 7.86. The molecule has 0 radical (unpaired) electrons. The van der Waals surface area contributed by atoms with Crippen LogP contribution in [0.15, 0.2) is 53.9 Å². The molecule has 0 atom stereocenters. The number of hydrogen-bond acceptors (Lipinski definition) is 4. The maximum absolute atomic E-state index is 14.2. The number of carbonyl (C=O) groups is 2. The molecule has 1 aromatic heterocycles. The number of amides is 2. The number of para-hydroxylation sites is 1. The molecule has 0 aliphatic heterocycles. The van der Waals surface area contributed by atoms with E-state index in [9.17, 15) is 14.0 Å². The summed E-state index contributed by atoms with van der Waals surface area (Å²) in [6.45, 7) is 1.35. The lowest BCUT2D eigenvalue weighted by molar-refractivity contribution is -0.116. The van der Waals surface area contributed by atoms with Gasteiger partial charge in [0.25, 0.3) is 0 Å². The normalized spacial score (nSPS) is 12.7. The van der Waals surface area contributed by atoms with E-state index in [0.717, 1.165) is 24.9 Å². The lowest BCUT2D eigenvalue weighted by atomic mass is 10.1. The van der Waals surface area contributed by atoms with Crippen molar-refractivity contribution in [2.24, 2.45) is 0 Å². The van der Waals surface area contributed by atoms with Gasteiger partial charge in [0.1, 0.15) is 5.82 Å². The highest BCUT2D eigenvalue weighted by atomic mass is 32.1. The van der Waals surface area contributed by atoms with Crippen LogP contribution < -0.4 is 10.2 Å². The molecule has 1 N–H and O–H groups in total. The van der Waals surface area contributed by atoms with E-state index in [4.69, 9.17) is 0 Å². The summed E-state index contributed by atoms with van der Waals surface area (Å²) in [4.78, 5) is 30.0. The molecule has 2 amide bonds. The highest BCUT2D eigenvalue weighted by Gasteiger charge is 2.20. The quantitative estimate of drug-likeness (QED) is 0.583. The van der Waals surface area contributed by atoms with Gasteiger partial charge < -0.3 is 5.32 Å². The van der Waals surface area contributed by atoms with E-state index in [2.05, 4.69) is 16.4 Å². The number of nitrogens with one attached hydrogen (secondary N) is 1. The van der Waals surface area contributed by atoms with Crippen LogP contribution in [0.2, 0.25) is 0 Å². The van der Waals surface area contributed by atoms with E-state index in [0.29, 0.717) is 10.8 Å². The van der Waals surface area contributed by atoms with Crippen LogP contribution in [0.1, 0.15) is 30.2 Å². The van der Waals surface area contributed by atoms with Crippen molar-refractivity contribution in [3.63, 3.8) is 0 Å². The van der Waals surface area contributed by atoms with Crippen molar-refractivity contribution >= 4 is 45.7 Å². The first-order chi connectivity index (χ1) is 14.5. The monoisotopic (exact) mass is 421 g/mol. The molecular weight excluding hydrogens is 401 g/mol. The molecular formula is C23H20FN3O2S. The van der Waals surface area contributed by atoms with Crippen LogP contribution in [0.3, 0.4) is 0 Å². The first-order valence-corrected chi connectivity index (χ1v) is 10.5. The molecule has 5 nitrogen and oxygen atoms in total. The number of aromatic nitrogens is 1. The van der Waals surface area contributed by atoms with E-state index in [1.165, 1.54) is 52.5 Å². The Kier molecular flexibility index (Phi) is 5.72. The summed E-state index contributed by atoms with van der Waals surface area (Å²) in [6, 6.07) is 12.0. The molecule has 0 unspecified atom stereocenters. The van der Waals surface area contributed by atoms with E-state index < -0.39 is 5.82 Å². The summed E-state index contributed by atoms with van der Waals surface area (Å²) in [5, 5.41) is 4.91. The number of carbonyl (C=O) groups excluding carboxylic acids is 2. The zero-order chi connectivity index (χ0) is 21.1. The molecule has 30 heavy (non-hydrogen) atoms. The molecule has 0 saturated heterocycles. The number of rotatable bonds is 5. The second-order valence-electron chi connectivity index (χ2n) is 7.02. The minimum absolute atomic E-state index is 0.143. The van der Waals surface area contributed by atoms with Crippen molar-refractivity contribution in [3.05, 3.63) is 76.6 Å². The number of fused-ring (bicyclic) bond motifs is 1. The predicted octanol–water partition coefficient (Wildman–Crippen LogP) is 5.11. The van der Waals surface area contributed by atoms with Gasteiger partial charge in [-0.3, -0.25) is 14.5 Å². The Hall–Kier alpha value is -3.32. The summed E-state index contributed by atoms with van der Waals surface area (Å²) in [7, 11) is 0. The van der Waals surface area contributed by atoms with E-state index in [-0.39, 0.29) is 17.5 Å². The lowest BCUT2D eigenvalue weighted by Gasteiger charge is -2.18. The van der Waals surface area contributed by atoms with Crippen LogP contribution in [0, 0.1) is 5.82 Å². The summed E-state index contributed by atoms with van der Waals surface area (Å²) in [5.41, 5.74) is 4.07. The van der Waals surface area contributed by atoms with Crippen LogP contribution in [-0.4, -0.2) is 16.8 Å². The maximum atomic E-state index is 14.2. The van der Waals surface area contributed by atoms with Gasteiger partial charge in [-0.15, -0.1) is 11.3 Å². The molecule has 0 bridgehead atoms. The van der Waals surface area contributed by atoms with Gasteiger partial charge in [0.15, 0.2) is 5.13 Å². The Morgan fingerprint density at radius 1 is 1.17 bits per heavy atom. The van der Waals surface area contributed by atoms with Crippen molar-refractivity contribution < 1.29 is 14.0 Å². The van der Waals surface area contributed by atoms with Gasteiger partial charge in [0, 0.05) is 24.1 Å². The standard InChI is InChI=1S/C23H20FN3O2S/c1-15(28)27(21-8-3-2-7-20(21)24)23-26-19(14-30-23)11-12-22(29)25-18-10-9-16-5-4-6-17(16)13-18/h2-3,7-14H,4-6H2,1H3,(H,25,29)/b12-11+. The minimum Gasteiger partial charge on any atom is -0.323 e. The van der Waals surface area contributed by atoms with Crippen LogP contribution in [-0.2, 0) is 22.4 Å². The molecule has 1 aliphatic carbocycles. The molecule has 1 heterocycles. The Morgan fingerprint density at radius 3 is 2.77 bits per heavy atom. The van der Waals surface area contributed by atoms with Crippen molar-refractivity contribution in [1.29, 1.82) is 0 Å². The van der Waals surface area contributed by atoms with E-state index in [1.54, 1.807) is 23.6 Å². The SMILES string of the molecule is CC(=O)N(c1nc(/C=C/C(=O)Nc2ccc3c(c2)CCC3)cs1)c1ccccc1F. The maximum Gasteiger partial charge on any atom is 0.248 e. The number of benzene rings is 2. The summed E-state index contributed by atoms with van der Waals surface area (Å²) >= 11 is 1.20. The van der Waals surface area contributed by atoms with Crippen LogP contribution >= 0.6 is 11.3 Å². The molecule has 152 valence electrons. The Balaban J connectivity index is 1.47. The van der Waals surface area contributed by atoms with E-state index >= 15 is 0 Å².